The lowest BCUT2D eigenvalue weighted by molar-refractivity contribution is 0.481. The molecule has 84 valence electrons. The Morgan fingerprint density at radius 3 is 2.47 bits per heavy atom. The molecule has 2 aromatic rings. The number of nitriles is 1. The van der Waals surface area contributed by atoms with Crippen LogP contribution in [-0.4, -0.2) is 0 Å². The van der Waals surface area contributed by atoms with Crippen molar-refractivity contribution in [2.75, 3.05) is 0 Å². The average Bonchev–Trinajstić information content (AvgIpc) is 2.32. The quantitative estimate of drug-likeness (QED) is 0.790. The van der Waals surface area contributed by atoms with Gasteiger partial charge in [0.2, 0.25) is 0 Å². The van der Waals surface area contributed by atoms with Crippen LogP contribution in [0.15, 0.2) is 42.5 Å². The van der Waals surface area contributed by atoms with E-state index in [0.717, 1.165) is 0 Å². The fraction of sp³-hybridized carbons (Fsp3) is 0. The van der Waals surface area contributed by atoms with Gasteiger partial charge in [0.1, 0.15) is 17.6 Å². The van der Waals surface area contributed by atoms with Crippen molar-refractivity contribution in [2.45, 2.75) is 0 Å². The normalized spacial score (nSPS) is 9.71. The van der Waals surface area contributed by atoms with E-state index < -0.39 is 0 Å². The zero-order valence-electron chi connectivity index (χ0n) is 8.65. The molecule has 2 aromatic carbocycles. The molecule has 0 aliphatic heterocycles. The minimum absolute atomic E-state index is 0.396. The largest absolute Gasteiger partial charge is 0.454 e. The van der Waals surface area contributed by atoms with Crippen LogP contribution in [0.25, 0.3) is 0 Å². The third kappa shape index (κ3) is 2.71. The van der Waals surface area contributed by atoms with Gasteiger partial charge in [-0.3, -0.25) is 0 Å². The van der Waals surface area contributed by atoms with Crippen molar-refractivity contribution in [3.63, 3.8) is 0 Å². The predicted molar refractivity (Wildman–Crippen MR) is 67.7 cm³/mol. The molecule has 0 heterocycles. The van der Waals surface area contributed by atoms with E-state index in [9.17, 15) is 0 Å². The summed E-state index contributed by atoms with van der Waals surface area (Å²) in [5.41, 5.74) is 0.411. The molecule has 0 amide bonds. The van der Waals surface area contributed by atoms with Crippen molar-refractivity contribution in [1.82, 2.24) is 0 Å². The van der Waals surface area contributed by atoms with Crippen LogP contribution >= 0.6 is 23.2 Å². The Kier molecular flexibility index (Phi) is 3.53. The maximum atomic E-state index is 8.95. The first kappa shape index (κ1) is 11.8. The fourth-order valence-corrected chi connectivity index (χ4v) is 1.66. The van der Waals surface area contributed by atoms with E-state index in [1.165, 1.54) is 0 Å². The third-order valence-electron chi connectivity index (χ3n) is 2.12. The molecule has 0 saturated heterocycles. The summed E-state index contributed by atoms with van der Waals surface area (Å²) in [4.78, 5) is 0. The summed E-state index contributed by atoms with van der Waals surface area (Å²) >= 11 is 11.8. The Morgan fingerprint density at radius 2 is 1.76 bits per heavy atom. The lowest BCUT2D eigenvalue weighted by Crippen LogP contribution is -1.88. The second-order valence-electron chi connectivity index (χ2n) is 3.28. The summed E-state index contributed by atoms with van der Waals surface area (Å²) in [6.45, 7) is 0. The molecular formula is C13H7Cl2NO. The Hall–Kier alpha value is -1.69. The monoisotopic (exact) mass is 263 g/mol. The number of hydrogen-bond acceptors (Lipinski definition) is 2. The number of halogens is 2. The van der Waals surface area contributed by atoms with Crippen LogP contribution in [-0.2, 0) is 0 Å². The Morgan fingerprint density at radius 1 is 1.00 bits per heavy atom. The van der Waals surface area contributed by atoms with E-state index in [4.69, 9.17) is 33.2 Å². The Bertz CT molecular complexity index is 590. The molecule has 0 saturated carbocycles. The number of rotatable bonds is 2. The SMILES string of the molecule is N#Cc1ccc(Cl)cc1Oc1ccccc1Cl. The van der Waals surface area contributed by atoms with E-state index in [2.05, 4.69) is 0 Å². The molecule has 0 aromatic heterocycles. The van der Waals surface area contributed by atoms with E-state index in [1.807, 2.05) is 6.07 Å². The summed E-state index contributed by atoms with van der Waals surface area (Å²) < 4.78 is 5.57. The van der Waals surface area contributed by atoms with Crippen LogP contribution in [0.4, 0.5) is 0 Å². The second-order valence-corrected chi connectivity index (χ2v) is 4.13. The molecule has 0 fully saturated rings. The van der Waals surface area contributed by atoms with Crippen LogP contribution < -0.4 is 4.74 Å². The van der Waals surface area contributed by atoms with Crippen LogP contribution in [0.2, 0.25) is 10.0 Å². The van der Waals surface area contributed by atoms with Gasteiger partial charge in [-0.05, 0) is 24.3 Å². The first-order valence-corrected chi connectivity index (χ1v) is 5.58. The van der Waals surface area contributed by atoms with Crippen molar-refractivity contribution < 1.29 is 4.74 Å². The van der Waals surface area contributed by atoms with E-state index in [0.29, 0.717) is 27.1 Å². The second kappa shape index (κ2) is 5.09. The minimum Gasteiger partial charge on any atom is -0.454 e. The molecule has 0 bridgehead atoms. The number of nitrogens with zero attached hydrogens (tertiary/aromatic N) is 1. The first-order valence-electron chi connectivity index (χ1n) is 4.83. The maximum Gasteiger partial charge on any atom is 0.146 e. The Labute approximate surface area is 109 Å². The summed E-state index contributed by atoms with van der Waals surface area (Å²) in [5.74, 6) is 0.890. The molecule has 0 atom stereocenters. The van der Waals surface area contributed by atoms with Crippen LogP contribution in [0.5, 0.6) is 11.5 Å². The molecule has 2 rings (SSSR count). The van der Waals surface area contributed by atoms with Gasteiger partial charge in [0.05, 0.1) is 10.6 Å². The minimum atomic E-state index is 0.396. The summed E-state index contributed by atoms with van der Waals surface area (Å²) in [5, 5.41) is 9.94. The van der Waals surface area contributed by atoms with Crippen molar-refractivity contribution in [2.24, 2.45) is 0 Å². The van der Waals surface area contributed by atoms with E-state index in [-0.39, 0.29) is 0 Å². The molecule has 0 spiro atoms. The van der Waals surface area contributed by atoms with Gasteiger partial charge in [0, 0.05) is 11.1 Å². The highest BCUT2D eigenvalue weighted by Crippen LogP contribution is 2.32. The molecular weight excluding hydrogens is 257 g/mol. The lowest BCUT2D eigenvalue weighted by Gasteiger charge is -2.08. The average molecular weight is 264 g/mol. The summed E-state index contributed by atoms with van der Waals surface area (Å²) in [7, 11) is 0. The molecule has 0 radical (unpaired) electrons. The molecule has 17 heavy (non-hydrogen) atoms. The summed E-state index contributed by atoms with van der Waals surface area (Å²) in [6.07, 6.45) is 0. The van der Waals surface area contributed by atoms with Gasteiger partial charge in [-0.2, -0.15) is 5.26 Å². The van der Waals surface area contributed by atoms with Crippen molar-refractivity contribution >= 4 is 23.2 Å². The summed E-state index contributed by atoms with van der Waals surface area (Å²) in [6, 6.07) is 13.9. The highest BCUT2D eigenvalue weighted by molar-refractivity contribution is 6.32. The van der Waals surface area contributed by atoms with Gasteiger partial charge in [0.25, 0.3) is 0 Å². The van der Waals surface area contributed by atoms with Gasteiger partial charge >= 0.3 is 0 Å². The molecule has 2 nitrogen and oxygen atoms in total. The maximum absolute atomic E-state index is 8.95. The Balaban J connectivity index is 2.40. The standard InChI is InChI=1S/C13H7Cl2NO/c14-10-6-5-9(8-16)13(7-10)17-12-4-2-1-3-11(12)15/h1-7H. The number of benzene rings is 2. The van der Waals surface area contributed by atoms with Crippen LogP contribution in [0, 0.1) is 11.3 Å². The van der Waals surface area contributed by atoms with Gasteiger partial charge in [-0.1, -0.05) is 35.3 Å². The smallest absolute Gasteiger partial charge is 0.146 e. The molecule has 0 aliphatic carbocycles. The van der Waals surface area contributed by atoms with E-state index in [1.54, 1.807) is 42.5 Å². The number of para-hydroxylation sites is 1. The number of ether oxygens (including phenoxy) is 1. The van der Waals surface area contributed by atoms with Crippen molar-refractivity contribution in [3.05, 3.63) is 58.1 Å². The first-order chi connectivity index (χ1) is 8.20. The number of hydrogen-bond donors (Lipinski definition) is 0. The van der Waals surface area contributed by atoms with Gasteiger partial charge in [-0.15, -0.1) is 0 Å². The zero-order chi connectivity index (χ0) is 12.3. The lowest BCUT2D eigenvalue weighted by atomic mass is 10.2. The zero-order valence-corrected chi connectivity index (χ0v) is 10.2. The molecule has 0 aliphatic rings. The van der Waals surface area contributed by atoms with E-state index >= 15 is 0 Å². The third-order valence-corrected chi connectivity index (χ3v) is 2.67. The topological polar surface area (TPSA) is 33.0 Å². The highest BCUT2D eigenvalue weighted by Gasteiger charge is 2.07. The van der Waals surface area contributed by atoms with Gasteiger partial charge in [-0.25, -0.2) is 0 Å². The fourth-order valence-electron chi connectivity index (χ4n) is 1.32. The predicted octanol–water partition coefficient (Wildman–Crippen LogP) is 4.66. The highest BCUT2D eigenvalue weighted by atomic mass is 35.5. The molecule has 4 heteroatoms. The molecule has 0 unspecified atom stereocenters. The van der Waals surface area contributed by atoms with Gasteiger partial charge in [0.15, 0.2) is 0 Å². The van der Waals surface area contributed by atoms with Crippen LogP contribution in [0.1, 0.15) is 5.56 Å². The van der Waals surface area contributed by atoms with Crippen LogP contribution in [0.3, 0.4) is 0 Å². The van der Waals surface area contributed by atoms with Gasteiger partial charge < -0.3 is 4.74 Å². The van der Waals surface area contributed by atoms with Crippen molar-refractivity contribution in [1.29, 1.82) is 5.26 Å². The molecule has 0 N–H and O–H groups in total. The van der Waals surface area contributed by atoms with Crippen molar-refractivity contribution in [3.8, 4) is 17.6 Å².